The zero-order chi connectivity index (χ0) is 15.2. The van der Waals surface area contributed by atoms with Crippen molar-refractivity contribution in [2.24, 2.45) is 0 Å². The van der Waals surface area contributed by atoms with Gasteiger partial charge in [0.1, 0.15) is 18.5 Å². The number of benzene rings is 2. The van der Waals surface area contributed by atoms with Gasteiger partial charge in [0.2, 0.25) is 0 Å². The van der Waals surface area contributed by atoms with Crippen molar-refractivity contribution in [3.63, 3.8) is 0 Å². The average molecular weight is 297 g/mol. The molecule has 0 amide bonds. The molecule has 1 heterocycles. The van der Waals surface area contributed by atoms with Crippen LogP contribution in [0.25, 0.3) is 0 Å². The Morgan fingerprint density at radius 3 is 2.41 bits per heavy atom. The van der Waals surface area contributed by atoms with E-state index in [0.29, 0.717) is 6.61 Å². The minimum Gasteiger partial charge on any atom is -0.492 e. The van der Waals surface area contributed by atoms with Crippen molar-refractivity contribution >= 4 is 0 Å². The topological polar surface area (TPSA) is 32.7 Å². The Bertz CT molecular complexity index is 579. The number of nitrogens with zero attached hydrogens (tertiary/aromatic N) is 1. The second kappa shape index (κ2) is 7.43. The van der Waals surface area contributed by atoms with E-state index < -0.39 is 6.10 Å². The van der Waals surface area contributed by atoms with Gasteiger partial charge in [-0.05, 0) is 37.6 Å². The quantitative estimate of drug-likeness (QED) is 0.888. The Balaban J connectivity index is 1.66. The van der Waals surface area contributed by atoms with Crippen LogP contribution in [0.2, 0.25) is 0 Å². The van der Waals surface area contributed by atoms with E-state index in [2.05, 4.69) is 4.90 Å². The minimum absolute atomic E-state index is 0.649. The molecule has 22 heavy (non-hydrogen) atoms. The maximum atomic E-state index is 10.6. The van der Waals surface area contributed by atoms with Gasteiger partial charge in [-0.2, -0.15) is 0 Å². The summed E-state index contributed by atoms with van der Waals surface area (Å²) < 4.78 is 5.94. The van der Waals surface area contributed by atoms with Crippen LogP contribution in [0, 0.1) is 0 Å². The van der Waals surface area contributed by atoms with Gasteiger partial charge in [0, 0.05) is 12.1 Å². The standard InChI is InChI=1S/C19H23NO2/c21-19(16-8-2-1-3-9-16)17-10-4-5-11-18(17)22-15-14-20-12-6-7-13-20/h1-5,8-11,19,21H,6-7,12-15H2/t19-/m0/s1. The third-order valence-corrected chi connectivity index (χ3v) is 4.19. The summed E-state index contributed by atoms with van der Waals surface area (Å²) in [6, 6.07) is 17.5. The van der Waals surface area contributed by atoms with E-state index in [1.807, 2.05) is 54.6 Å². The highest BCUT2D eigenvalue weighted by molar-refractivity contribution is 5.40. The van der Waals surface area contributed by atoms with E-state index in [0.717, 1.165) is 23.4 Å². The Labute approximate surface area is 132 Å². The molecule has 1 N–H and O–H groups in total. The van der Waals surface area contributed by atoms with Crippen molar-refractivity contribution in [3.8, 4) is 5.75 Å². The molecular formula is C19H23NO2. The molecule has 0 aliphatic carbocycles. The van der Waals surface area contributed by atoms with Gasteiger partial charge in [-0.3, -0.25) is 4.90 Å². The first-order chi connectivity index (χ1) is 10.8. The van der Waals surface area contributed by atoms with E-state index in [1.54, 1.807) is 0 Å². The number of hydrogen-bond donors (Lipinski definition) is 1. The largest absolute Gasteiger partial charge is 0.492 e. The Morgan fingerprint density at radius 2 is 1.64 bits per heavy atom. The summed E-state index contributed by atoms with van der Waals surface area (Å²) in [7, 11) is 0. The molecule has 0 radical (unpaired) electrons. The van der Waals surface area contributed by atoms with Crippen LogP contribution in [0.4, 0.5) is 0 Å². The molecule has 1 aliphatic heterocycles. The van der Waals surface area contributed by atoms with Gasteiger partial charge in [-0.1, -0.05) is 48.5 Å². The fraction of sp³-hybridized carbons (Fsp3) is 0.368. The lowest BCUT2D eigenvalue weighted by Gasteiger charge is -2.19. The molecule has 3 heteroatoms. The zero-order valence-corrected chi connectivity index (χ0v) is 12.8. The van der Waals surface area contributed by atoms with Crippen molar-refractivity contribution in [3.05, 3.63) is 65.7 Å². The number of ether oxygens (including phenoxy) is 1. The van der Waals surface area contributed by atoms with Crippen LogP contribution in [-0.2, 0) is 0 Å². The highest BCUT2D eigenvalue weighted by atomic mass is 16.5. The monoisotopic (exact) mass is 297 g/mol. The summed E-state index contributed by atoms with van der Waals surface area (Å²) >= 11 is 0. The van der Waals surface area contributed by atoms with Gasteiger partial charge in [0.25, 0.3) is 0 Å². The molecule has 0 aromatic heterocycles. The predicted molar refractivity (Wildman–Crippen MR) is 88.1 cm³/mol. The molecule has 2 aromatic carbocycles. The fourth-order valence-electron chi connectivity index (χ4n) is 2.94. The molecule has 1 saturated heterocycles. The van der Waals surface area contributed by atoms with E-state index in [9.17, 15) is 5.11 Å². The van der Waals surface area contributed by atoms with Gasteiger partial charge in [0.05, 0.1) is 0 Å². The van der Waals surface area contributed by atoms with Crippen LogP contribution in [0.3, 0.4) is 0 Å². The summed E-state index contributed by atoms with van der Waals surface area (Å²) in [6.45, 7) is 3.98. The first-order valence-corrected chi connectivity index (χ1v) is 8.02. The molecule has 2 aromatic rings. The van der Waals surface area contributed by atoms with Crippen LogP contribution in [0.1, 0.15) is 30.1 Å². The first kappa shape index (κ1) is 15.1. The van der Waals surface area contributed by atoms with Crippen molar-refractivity contribution in [1.82, 2.24) is 4.90 Å². The number of hydrogen-bond acceptors (Lipinski definition) is 3. The number of aliphatic hydroxyl groups excluding tert-OH is 1. The van der Waals surface area contributed by atoms with E-state index >= 15 is 0 Å². The van der Waals surface area contributed by atoms with Gasteiger partial charge < -0.3 is 9.84 Å². The predicted octanol–water partition coefficient (Wildman–Crippen LogP) is 3.24. The van der Waals surface area contributed by atoms with E-state index in [1.165, 1.54) is 25.9 Å². The van der Waals surface area contributed by atoms with Gasteiger partial charge >= 0.3 is 0 Å². The maximum absolute atomic E-state index is 10.6. The smallest absolute Gasteiger partial charge is 0.125 e. The highest BCUT2D eigenvalue weighted by Gasteiger charge is 2.16. The van der Waals surface area contributed by atoms with Gasteiger partial charge in [-0.25, -0.2) is 0 Å². The molecule has 0 spiro atoms. The minimum atomic E-state index is -0.649. The van der Waals surface area contributed by atoms with Crippen molar-refractivity contribution in [1.29, 1.82) is 0 Å². The summed E-state index contributed by atoms with van der Waals surface area (Å²) in [5.41, 5.74) is 1.72. The van der Waals surface area contributed by atoms with Crippen LogP contribution >= 0.6 is 0 Å². The molecule has 116 valence electrons. The van der Waals surface area contributed by atoms with Crippen LogP contribution in [0.15, 0.2) is 54.6 Å². The second-order valence-corrected chi connectivity index (χ2v) is 5.75. The third kappa shape index (κ3) is 3.67. The first-order valence-electron chi connectivity index (χ1n) is 8.02. The average Bonchev–Trinajstić information content (AvgIpc) is 3.09. The molecule has 0 bridgehead atoms. The van der Waals surface area contributed by atoms with Crippen LogP contribution in [-0.4, -0.2) is 36.2 Å². The molecule has 0 unspecified atom stereocenters. The van der Waals surface area contributed by atoms with Crippen molar-refractivity contribution < 1.29 is 9.84 Å². The van der Waals surface area contributed by atoms with Gasteiger partial charge in [0.15, 0.2) is 0 Å². The summed E-state index contributed by atoms with van der Waals surface area (Å²) in [4.78, 5) is 2.43. The number of likely N-dealkylation sites (tertiary alicyclic amines) is 1. The lowest BCUT2D eigenvalue weighted by atomic mass is 10.0. The summed E-state index contributed by atoms with van der Waals surface area (Å²) in [6.07, 6.45) is 1.94. The third-order valence-electron chi connectivity index (χ3n) is 4.19. The molecule has 1 aliphatic rings. The Kier molecular flexibility index (Phi) is 5.09. The van der Waals surface area contributed by atoms with Crippen LogP contribution in [0.5, 0.6) is 5.75 Å². The number of aliphatic hydroxyl groups is 1. The maximum Gasteiger partial charge on any atom is 0.125 e. The lowest BCUT2D eigenvalue weighted by molar-refractivity contribution is 0.202. The van der Waals surface area contributed by atoms with Crippen LogP contribution < -0.4 is 4.74 Å². The molecule has 0 saturated carbocycles. The van der Waals surface area contributed by atoms with Crippen molar-refractivity contribution in [2.45, 2.75) is 18.9 Å². The second-order valence-electron chi connectivity index (χ2n) is 5.75. The molecule has 3 nitrogen and oxygen atoms in total. The summed E-state index contributed by atoms with van der Waals surface area (Å²) in [5, 5.41) is 10.6. The highest BCUT2D eigenvalue weighted by Crippen LogP contribution is 2.29. The fourth-order valence-corrected chi connectivity index (χ4v) is 2.94. The van der Waals surface area contributed by atoms with E-state index in [-0.39, 0.29) is 0 Å². The van der Waals surface area contributed by atoms with Gasteiger partial charge in [-0.15, -0.1) is 0 Å². The van der Waals surface area contributed by atoms with Crippen molar-refractivity contribution in [2.75, 3.05) is 26.2 Å². The number of para-hydroxylation sites is 1. The normalized spacial score (nSPS) is 16.6. The molecule has 3 rings (SSSR count). The Hall–Kier alpha value is -1.84. The number of rotatable bonds is 6. The molecular weight excluding hydrogens is 274 g/mol. The Morgan fingerprint density at radius 1 is 0.955 bits per heavy atom. The SMILES string of the molecule is O[C@@H](c1ccccc1)c1ccccc1OCCN1CCCC1. The lowest BCUT2D eigenvalue weighted by Crippen LogP contribution is -2.25. The van der Waals surface area contributed by atoms with E-state index in [4.69, 9.17) is 4.74 Å². The molecule has 1 fully saturated rings. The summed E-state index contributed by atoms with van der Waals surface area (Å²) in [5.74, 6) is 0.776. The molecule has 1 atom stereocenters. The zero-order valence-electron chi connectivity index (χ0n) is 12.8.